The molecule has 0 atom stereocenters. The molecule has 0 saturated heterocycles. The van der Waals surface area contributed by atoms with Crippen molar-refractivity contribution in [1.82, 2.24) is 0 Å². The monoisotopic (exact) mass is 230 g/mol. The number of alkyl halides is 3. The predicted octanol–water partition coefficient (Wildman–Crippen LogP) is 3.62. The van der Waals surface area contributed by atoms with Crippen LogP contribution in [0.3, 0.4) is 0 Å². The minimum absolute atomic E-state index is 0.0167. The molecule has 0 fully saturated rings. The summed E-state index contributed by atoms with van der Waals surface area (Å²) >= 11 is 0. The molecule has 1 rings (SSSR count). The zero-order valence-electron chi connectivity index (χ0n) is 8.97. The average molecular weight is 230 g/mol. The second-order valence-electron chi connectivity index (χ2n) is 3.55. The van der Waals surface area contributed by atoms with E-state index in [0.717, 1.165) is 6.07 Å². The largest absolute Gasteiger partial charge is 0.416 e. The molecule has 16 heavy (non-hydrogen) atoms. The molecule has 0 bridgehead atoms. The lowest BCUT2D eigenvalue weighted by Crippen LogP contribution is -2.10. The van der Waals surface area contributed by atoms with Gasteiger partial charge in [0.15, 0.2) is 0 Å². The molecule has 0 unspecified atom stereocenters. The Kier molecular flexibility index (Phi) is 4.10. The van der Waals surface area contributed by atoms with Crippen LogP contribution in [-0.2, 0) is 17.4 Å². The van der Waals surface area contributed by atoms with Gasteiger partial charge in [-0.25, -0.2) is 0 Å². The number of carbonyl (C=O) groups is 1. The molecule has 0 heterocycles. The summed E-state index contributed by atoms with van der Waals surface area (Å²) in [6, 6.07) is 5.38. The molecular weight excluding hydrogens is 217 g/mol. The summed E-state index contributed by atoms with van der Waals surface area (Å²) in [5.74, 6) is -0.0167. The molecule has 0 radical (unpaired) electrons. The van der Waals surface area contributed by atoms with Crippen LogP contribution in [0.5, 0.6) is 0 Å². The van der Waals surface area contributed by atoms with Gasteiger partial charge >= 0.3 is 6.18 Å². The molecule has 0 amide bonds. The SMILES string of the molecule is CCC(=O)CCc1ccccc1C(F)(F)F. The Balaban J connectivity index is 2.84. The number of carbonyl (C=O) groups excluding carboxylic acids is 1. The maximum absolute atomic E-state index is 12.6. The topological polar surface area (TPSA) is 17.1 Å². The molecule has 88 valence electrons. The molecule has 0 N–H and O–H groups in total. The van der Waals surface area contributed by atoms with Crippen molar-refractivity contribution < 1.29 is 18.0 Å². The summed E-state index contributed by atoms with van der Waals surface area (Å²) in [5, 5.41) is 0. The molecule has 4 heteroatoms. The first-order chi connectivity index (χ1) is 7.45. The van der Waals surface area contributed by atoms with Gasteiger partial charge in [-0.3, -0.25) is 4.79 Å². The van der Waals surface area contributed by atoms with Crippen molar-refractivity contribution in [3.05, 3.63) is 35.4 Å². The summed E-state index contributed by atoms with van der Waals surface area (Å²) in [7, 11) is 0. The van der Waals surface area contributed by atoms with Gasteiger partial charge in [0.2, 0.25) is 0 Å². The summed E-state index contributed by atoms with van der Waals surface area (Å²) in [6.07, 6.45) is -3.65. The molecule has 0 aliphatic carbocycles. The number of halogens is 3. The highest BCUT2D eigenvalue weighted by Crippen LogP contribution is 2.32. The van der Waals surface area contributed by atoms with Gasteiger partial charge < -0.3 is 0 Å². The lowest BCUT2D eigenvalue weighted by Gasteiger charge is -2.11. The van der Waals surface area contributed by atoms with Crippen LogP contribution in [0.2, 0.25) is 0 Å². The van der Waals surface area contributed by atoms with Crippen LogP contribution < -0.4 is 0 Å². The van der Waals surface area contributed by atoms with E-state index in [2.05, 4.69) is 0 Å². The predicted molar refractivity (Wildman–Crippen MR) is 55.1 cm³/mol. The maximum atomic E-state index is 12.6. The lowest BCUT2D eigenvalue weighted by molar-refractivity contribution is -0.138. The Morgan fingerprint density at radius 3 is 2.44 bits per heavy atom. The smallest absolute Gasteiger partial charge is 0.300 e. The highest BCUT2D eigenvalue weighted by molar-refractivity contribution is 5.78. The molecule has 1 nitrogen and oxygen atoms in total. The maximum Gasteiger partial charge on any atom is 0.416 e. The fourth-order valence-corrected chi connectivity index (χ4v) is 1.47. The highest BCUT2D eigenvalue weighted by Gasteiger charge is 2.32. The van der Waals surface area contributed by atoms with Crippen molar-refractivity contribution >= 4 is 5.78 Å². The van der Waals surface area contributed by atoms with Crippen molar-refractivity contribution in [2.75, 3.05) is 0 Å². The third-order valence-electron chi connectivity index (χ3n) is 2.39. The van der Waals surface area contributed by atoms with Gasteiger partial charge in [0, 0.05) is 12.8 Å². The van der Waals surface area contributed by atoms with Crippen LogP contribution in [0.15, 0.2) is 24.3 Å². The van der Waals surface area contributed by atoms with E-state index in [1.807, 2.05) is 0 Å². The number of aryl methyl sites for hydroxylation is 1. The normalized spacial score (nSPS) is 11.5. The number of rotatable bonds is 4. The first-order valence-electron chi connectivity index (χ1n) is 5.12. The third-order valence-corrected chi connectivity index (χ3v) is 2.39. The van der Waals surface area contributed by atoms with E-state index < -0.39 is 11.7 Å². The number of hydrogen-bond acceptors (Lipinski definition) is 1. The van der Waals surface area contributed by atoms with E-state index in [9.17, 15) is 18.0 Å². The Bertz CT molecular complexity index is 369. The molecule has 0 saturated carbocycles. The second kappa shape index (κ2) is 5.14. The van der Waals surface area contributed by atoms with Crippen LogP contribution >= 0.6 is 0 Å². The fourth-order valence-electron chi connectivity index (χ4n) is 1.47. The molecule has 0 aliphatic heterocycles. The third kappa shape index (κ3) is 3.36. The van der Waals surface area contributed by atoms with Gasteiger partial charge in [0.1, 0.15) is 5.78 Å². The van der Waals surface area contributed by atoms with Crippen molar-refractivity contribution in [3.63, 3.8) is 0 Å². The summed E-state index contributed by atoms with van der Waals surface area (Å²) in [5.41, 5.74) is -0.448. The lowest BCUT2D eigenvalue weighted by atomic mass is 10.0. The molecule has 0 aromatic heterocycles. The van der Waals surface area contributed by atoms with E-state index in [0.29, 0.717) is 6.42 Å². The second-order valence-corrected chi connectivity index (χ2v) is 3.55. The summed E-state index contributed by atoms with van der Waals surface area (Å²) in [4.78, 5) is 11.1. The number of benzene rings is 1. The molecular formula is C12H13F3O. The van der Waals surface area contributed by atoms with Crippen LogP contribution in [-0.4, -0.2) is 5.78 Å². The van der Waals surface area contributed by atoms with E-state index in [1.165, 1.54) is 12.1 Å². The van der Waals surface area contributed by atoms with Crippen molar-refractivity contribution in [2.24, 2.45) is 0 Å². The average Bonchev–Trinajstić information content (AvgIpc) is 2.25. The van der Waals surface area contributed by atoms with Crippen LogP contribution in [0.1, 0.15) is 30.9 Å². The van der Waals surface area contributed by atoms with Crippen molar-refractivity contribution in [1.29, 1.82) is 0 Å². The Morgan fingerprint density at radius 1 is 1.25 bits per heavy atom. The molecule has 1 aromatic rings. The van der Waals surface area contributed by atoms with Gasteiger partial charge in [-0.1, -0.05) is 25.1 Å². The molecule has 0 spiro atoms. The van der Waals surface area contributed by atoms with Gasteiger partial charge in [0.05, 0.1) is 5.56 Å². The number of Topliss-reactive ketones (excluding diaryl/α,β-unsaturated/α-hetero) is 1. The zero-order valence-corrected chi connectivity index (χ0v) is 8.97. The van der Waals surface area contributed by atoms with Crippen LogP contribution in [0.25, 0.3) is 0 Å². The Hall–Kier alpha value is -1.32. The van der Waals surface area contributed by atoms with Crippen LogP contribution in [0.4, 0.5) is 13.2 Å². The van der Waals surface area contributed by atoms with Gasteiger partial charge in [-0.15, -0.1) is 0 Å². The van der Waals surface area contributed by atoms with E-state index in [4.69, 9.17) is 0 Å². The molecule has 0 aliphatic rings. The van der Waals surface area contributed by atoms with E-state index in [1.54, 1.807) is 13.0 Å². The summed E-state index contributed by atoms with van der Waals surface area (Å²) < 4.78 is 37.7. The van der Waals surface area contributed by atoms with Crippen molar-refractivity contribution in [2.45, 2.75) is 32.4 Å². The minimum atomic E-state index is -4.34. The quantitative estimate of drug-likeness (QED) is 0.772. The Morgan fingerprint density at radius 2 is 1.88 bits per heavy atom. The van der Waals surface area contributed by atoms with Crippen molar-refractivity contribution in [3.8, 4) is 0 Å². The van der Waals surface area contributed by atoms with Crippen LogP contribution in [0, 0.1) is 0 Å². The first kappa shape index (κ1) is 12.7. The highest BCUT2D eigenvalue weighted by atomic mass is 19.4. The summed E-state index contributed by atoms with van der Waals surface area (Å²) in [6.45, 7) is 1.71. The van der Waals surface area contributed by atoms with E-state index in [-0.39, 0.29) is 24.2 Å². The standard InChI is InChI=1S/C12H13F3O/c1-2-10(16)8-7-9-5-3-4-6-11(9)12(13,14)15/h3-6H,2,7-8H2,1H3. The zero-order chi connectivity index (χ0) is 12.2. The number of hydrogen-bond donors (Lipinski definition) is 0. The number of ketones is 1. The molecule has 1 aromatic carbocycles. The Labute approximate surface area is 92.3 Å². The van der Waals surface area contributed by atoms with Gasteiger partial charge in [0.25, 0.3) is 0 Å². The van der Waals surface area contributed by atoms with Gasteiger partial charge in [-0.05, 0) is 18.1 Å². The fraction of sp³-hybridized carbons (Fsp3) is 0.417. The first-order valence-corrected chi connectivity index (χ1v) is 5.12. The van der Waals surface area contributed by atoms with Gasteiger partial charge in [-0.2, -0.15) is 13.2 Å². The minimum Gasteiger partial charge on any atom is -0.300 e. The van der Waals surface area contributed by atoms with E-state index >= 15 is 0 Å².